The molecule has 1 aliphatic heterocycles. The Balaban J connectivity index is 2.24. The molecule has 114 valence electrons. The minimum absolute atomic E-state index is 0.333. The summed E-state index contributed by atoms with van der Waals surface area (Å²) in [6, 6.07) is 0. The highest BCUT2D eigenvalue weighted by Gasteiger charge is 2.44. The maximum Gasteiger partial charge on any atom is 0.333 e. The number of fused-ring (bicyclic) bond motifs is 1. The molecule has 0 aromatic carbocycles. The van der Waals surface area contributed by atoms with Crippen molar-refractivity contribution in [1.29, 1.82) is 0 Å². The SMILES string of the molecule is Cn1c(=O)c2cscc2n([C@@H]2O[C@H](CO)[C@@H](O)[C@H]2O)c1=O. The van der Waals surface area contributed by atoms with E-state index in [9.17, 15) is 19.8 Å². The van der Waals surface area contributed by atoms with Crippen LogP contribution in [0.2, 0.25) is 0 Å². The Labute approximate surface area is 122 Å². The number of hydrogen-bond acceptors (Lipinski definition) is 7. The first-order valence-corrected chi connectivity index (χ1v) is 7.21. The molecule has 21 heavy (non-hydrogen) atoms. The predicted octanol–water partition coefficient (Wildman–Crippen LogP) is -1.63. The molecule has 0 bridgehead atoms. The molecule has 2 aromatic heterocycles. The molecule has 3 rings (SSSR count). The molecule has 3 N–H and O–H groups in total. The van der Waals surface area contributed by atoms with E-state index in [4.69, 9.17) is 9.84 Å². The smallest absolute Gasteiger partial charge is 0.333 e. The Bertz CT molecular complexity index is 793. The topological polar surface area (TPSA) is 114 Å². The van der Waals surface area contributed by atoms with E-state index in [1.54, 1.807) is 10.8 Å². The van der Waals surface area contributed by atoms with Crippen molar-refractivity contribution in [2.24, 2.45) is 7.05 Å². The van der Waals surface area contributed by atoms with Crippen molar-refractivity contribution in [2.45, 2.75) is 24.5 Å². The largest absolute Gasteiger partial charge is 0.394 e. The molecule has 2 aromatic rings. The third-order valence-corrected chi connectivity index (χ3v) is 4.43. The molecule has 8 nitrogen and oxygen atoms in total. The highest BCUT2D eigenvalue weighted by atomic mass is 32.1. The molecule has 0 aliphatic carbocycles. The van der Waals surface area contributed by atoms with Crippen LogP contribution in [0.15, 0.2) is 20.3 Å². The number of aliphatic hydroxyl groups excluding tert-OH is 3. The first-order valence-electron chi connectivity index (χ1n) is 6.27. The number of nitrogens with zero attached hydrogens (tertiary/aromatic N) is 2. The standard InChI is InChI=1S/C12H14N2O6S/c1-13-10(18)5-3-21-4-6(5)14(12(13)19)11-9(17)8(16)7(2-15)20-11/h3-4,7-9,11,15-17H,2H2,1H3/t7-,8-,9-,11-/m1/s1. The molecule has 0 unspecified atom stereocenters. The predicted molar refractivity (Wildman–Crippen MR) is 74.3 cm³/mol. The highest BCUT2D eigenvalue weighted by molar-refractivity contribution is 7.09. The van der Waals surface area contributed by atoms with E-state index in [0.717, 1.165) is 9.13 Å². The van der Waals surface area contributed by atoms with Crippen molar-refractivity contribution in [3.63, 3.8) is 0 Å². The normalized spacial score (nSPS) is 29.3. The van der Waals surface area contributed by atoms with E-state index < -0.39 is 42.4 Å². The first kappa shape index (κ1) is 14.4. The zero-order valence-electron chi connectivity index (χ0n) is 11.0. The third kappa shape index (κ3) is 1.97. The van der Waals surface area contributed by atoms with Crippen LogP contribution in [-0.4, -0.2) is 49.4 Å². The van der Waals surface area contributed by atoms with Crippen LogP contribution in [0.3, 0.4) is 0 Å². The maximum atomic E-state index is 12.3. The fourth-order valence-electron chi connectivity index (χ4n) is 2.51. The van der Waals surface area contributed by atoms with Gasteiger partial charge in [-0.05, 0) is 0 Å². The average molecular weight is 314 g/mol. The number of aromatic nitrogens is 2. The molecule has 1 aliphatic rings. The first-order chi connectivity index (χ1) is 9.97. The van der Waals surface area contributed by atoms with Crippen molar-refractivity contribution in [3.8, 4) is 0 Å². The van der Waals surface area contributed by atoms with Crippen LogP contribution in [0, 0.1) is 0 Å². The number of ether oxygens (including phenoxy) is 1. The summed E-state index contributed by atoms with van der Waals surface area (Å²) < 4.78 is 7.43. The van der Waals surface area contributed by atoms with Crippen LogP contribution in [0.4, 0.5) is 0 Å². The number of thiophene rings is 1. The lowest BCUT2D eigenvalue weighted by molar-refractivity contribution is -0.0531. The number of hydrogen-bond donors (Lipinski definition) is 3. The van der Waals surface area contributed by atoms with E-state index in [2.05, 4.69) is 0 Å². The van der Waals surface area contributed by atoms with Crippen molar-refractivity contribution in [2.75, 3.05) is 6.61 Å². The maximum absolute atomic E-state index is 12.3. The summed E-state index contributed by atoms with van der Waals surface area (Å²) in [6.45, 7) is -0.484. The number of rotatable bonds is 2. The van der Waals surface area contributed by atoms with E-state index in [1.807, 2.05) is 0 Å². The van der Waals surface area contributed by atoms with E-state index in [1.165, 1.54) is 18.4 Å². The zero-order valence-corrected chi connectivity index (χ0v) is 11.9. The van der Waals surface area contributed by atoms with Crippen LogP contribution in [0.5, 0.6) is 0 Å². The Morgan fingerprint density at radius 3 is 2.62 bits per heavy atom. The molecule has 3 heterocycles. The molecule has 4 atom stereocenters. The molecule has 0 amide bonds. The fourth-order valence-corrected chi connectivity index (χ4v) is 3.30. The Kier molecular flexibility index (Phi) is 3.46. The summed E-state index contributed by atoms with van der Waals surface area (Å²) >= 11 is 1.24. The van der Waals surface area contributed by atoms with Gasteiger partial charge in [0.05, 0.1) is 17.5 Å². The second kappa shape index (κ2) is 5.04. The third-order valence-electron chi connectivity index (χ3n) is 3.70. The van der Waals surface area contributed by atoms with E-state index in [0.29, 0.717) is 10.9 Å². The second-order valence-corrected chi connectivity index (χ2v) is 5.66. The Morgan fingerprint density at radius 1 is 1.29 bits per heavy atom. The van der Waals surface area contributed by atoms with Gasteiger partial charge in [0.25, 0.3) is 5.56 Å². The van der Waals surface area contributed by atoms with Crippen molar-refractivity contribution < 1.29 is 20.1 Å². The summed E-state index contributed by atoms with van der Waals surface area (Å²) in [5.41, 5.74) is -0.747. The lowest BCUT2D eigenvalue weighted by Crippen LogP contribution is -2.42. The van der Waals surface area contributed by atoms with Gasteiger partial charge < -0.3 is 20.1 Å². The van der Waals surface area contributed by atoms with Crippen LogP contribution >= 0.6 is 11.3 Å². The molecule has 0 saturated carbocycles. The van der Waals surface area contributed by atoms with Gasteiger partial charge in [-0.25, -0.2) is 4.79 Å². The molecule has 1 saturated heterocycles. The lowest BCUT2D eigenvalue weighted by Gasteiger charge is -2.19. The summed E-state index contributed by atoms with van der Waals surface area (Å²) in [5, 5.41) is 32.5. The molecule has 0 spiro atoms. The molecular weight excluding hydrogens is 300 g/mol. The minimum atomic E-state index is -1.37. The highest BCUT2D eigenvalue weighted by Crippen LogP contribution is 2.30. The van der Waals surface area contributed by atoms with E-state index in [-0.39, 0.29) is 0 Å². The minimum Gasteiger partial charge on any atom is -0.394 e. The molecule has 9 heteroatoms. The summed E-state index contributed by atoms with van der Waals surface area (Å²) in [5.74, 6) is 0. The molecule has 1 fully saturated rings. The van der Waals surface area contributed by atoms with Crippen LogP contribution in [0.1, 0.15) is 6.23 Å². The monoisotopic (exact) mass is 314 g/mol. The average Bonchev–Trinajstić information content (AvgIpc) is 3.05. The molecule has 0 radical (unpaired) electrons. The summed E-state index contributed by atoms with van der Waals surface area (Å²) in [7, 11) is 1.33. The lowest BCUT2D eigenvalue weighted by atomic mass is 10.1. The molecular formula is C12H14N2O6S. The van der Waals surface area contributed by atoms with Crippen molar-refractivity contribution in [3.05, 3.63) is 31.6 Å². The van der Waals surface area contributed by atoms with Crippen molar-refractivity contribution in [1.82, 2.24) is 9.13 Å². The van der Waals surface area contributed by atoms with Gasteiger partial charge >= 0.3 is 5.69 Å². The Hall–Kier alpha value is -1.52. The van der Waals surface area contributed by atoms with Crippen LogP contribution in [-0.2, 0) is 11.8 Å². The quantitative estimate of drug-likeness (QED) is 0.613. The summed E-state index contributed by atoms with van der Waals surface area (Å²) in [4.78, 5) is 24.3. The zero-order chi connectivity index (χ0) is 15.3. The fraction of sp³-hybridized carbons (Fsp3) is 0.500. The van der Waals surface area contributed by atoms with Gasteiger partial charge in [0.1, 0.15) is 18.3 Å². The summed E-state index contributed by atoms with van der Waals surface area (Å²) in [6.07, 6.45) is -4.82. The van der Waals surface area contributed by atoms with Gasteiger partial charge in [-0.3, -0.25) is 13.9 Å². The Morgan fingerprint density at radius 2 is 2.00 bits per heavy atom. The van der Waals surface area contributed by atoms with Crippen LogP contribution in [0.25, 0.3) is 10.9 Å². The number of aliphatic hydroxyl groups is 3. The van der Waals surface area contributed by atoms with Crippen molar-refractivity contribution >= 4 is 22.2 Å². The van der Waals surface area contributed by atoms with Crippen LogP contribution < -0.4 is 11.2 Å². The van der Waals surface area contributed by atoms with E-state index >= 15 is 0 Å². The van der Waals surface area contributed by atoms with Gasteiger partial charge in [0.15, 0.2) is 6.23 Å². The van der Waals surface area contributed by atoms with Gasteiger partial charge in [0, 0.05) is 17.8 Å². The van der Waals surface area contributed by atoms with Gasteiger partial charge in [-0.15, -0.1) is 11.3 Å². The van der Waals surface area contributed by atoms with Gasteiger partial charge in [-0.2, -0.15) is 0 Å². The van der Waals surface area contributed by atoms with Gasteiger partial charge in [0.2, 0.25) is 0 Å². The second-order valence-electron chi connectivity index (χ2n) is 4.92. The van der Waals surface area contributed by atoms with Gasteiger partial charge in [-0.1, -0.05) is 0 Å².